The first-order valence-corrected chi connectivity index (χ1v) is 8.95. The second kappa shape index (κ2) is 8.65. The van der Waals surface area contributed by atoms with E-state index >= 15 is 0 Å². The SMILES string of the molecule is N#CCCn1cc(/C=C/C(=O)NC(c2ccccc2)C(F)(F)F)c2ccccc21. The molecule has 29 heavy (non-hydrogen) atoms. The van der Waals surface area contributed by atoms with Crippen LogP contribution in [0.4, 0.5) is 13.2 Å². The monoisotopic (exact) mass is 397 g/mol. The Kier molecular flexibility index (Phi) is 6.03. The van der Waals surface area contributed by atoms with Crippen molar-refractivity contribution in [2.24, 2.45) is 0 Å². The Bertz CT molecular complexity index is 1060. The van der Waals surface area contributed by atoms with Gasteiger partial charge >= 0.3 is 6.18 Å². The molecule has 148 valence electrons. The van der Waals surface area contributed by atoms with Crippen molar-refractivity contribution in [3.63, 3.8) is 0 Å². The summed E-state index contributed by atoms with van der Waals surface area (Å²) in [6.07, 6.45) is 0.0755. The minimum absolute atomic E-state index is 0.0325. The average molecular weight is 397 g/mol. The van der Waals surface area contributed by atoms with Crippen LogP contribution in [0.3, 0.4) is 0 Å². The molecule has 1 unspecified atom stereocenters. The van der Waals surface area contributed by atoms with Crippen LogP contribution in [0.5, 0.6) is 0 Å². The van der Waals surface area contributed by atoms with Crippen LogP contribution >= 0.6 is 0 Å². The number of nitrogens with one attached hydrogen (secondary N) is 1. The minimum atomic E-state index is -4.61. The zero-order chi connectivity index (χ0) is 20.9. The van der Waals surface area contributed by atoms with Crippen molar-refractivity contribution in [1.29, 1.82) is 5.26 Å². The molecule has 1 heterocycles. The van der Waals surface area contributed by atoms with Gasteiger partial charge in [-0.05, 0) is 17.7 Å². The smallest absolute Gasteiger partial charge is 0.346 e. The maximum atomic E-state index is 13.4. The lowest BCUT2D eigenvalue weighted by Crippen LogP contribution is -2.37. The maximum absolute atomic E-state index is 13.4. The molecular weight excluding hydrogens is 379 g/mol. The first-order chi connectivity index (χ1) is 13.9. The molecule has 0 saturated carbocycles. The molecule has 1 N–H and O–H groups in total. The molecule has 7 heteroatoms. The predicted molar refractivity (Wildman–Crippen MR) is 105 cm³/mol. The molecule has 1 aromatic heterocycles. The number of amides is 1. The fraction of sp³-hybridized carbons (Fsp3) is 0.182. The zero-order valence-electron chi connectivity index (χ0n) is 15.4. The summed E-state index contributed by atoms with van der Waals surface area (Å²) in [7, 11) is 0. The second-order valence-electron chi connectivity index (χ2n) is 6.43. The highest BCUT2D eigenvalue weighted by Crippen LogP contribution is 2.32. The van der Waals surface area contributed by atoms with E-state index in [4.69, 9.17) is 5.26 Å². The Morgan fingerprint density at radius 2 is 1.83 bits per heavy atom. The number of carbonyl (C=O) groups is 1. The molecule has 0 aliphatic carbocycles. The number of aromatic nitrogens is 1. The van der Waals surface area contributed by atoms with Crippen LogP contribution in [-0.2, 0) is 11.3 Å². The predicted octanol–water partition coefficient (Wildman–Crippen LogP) is 4.99. The summed E-state index contributed by atoms with van der Waals surface area (Å²) >= 11 is 0. The third-order valence-electron chi connectivity index (χ3n) is 4.45. The number of carbonyl (C=O) groups excluding carboxylic acids is 1. The highest BCUT2D eigenvalue weighted by atomic mass is 19.4. The van der Waals surface area contributed by atoms with E-state index in [2.05, 4.69) is 6.07 Å². The van der Waals surface area contributed by atoms with Gasteiger partial charge in [-0.25, -0.2) is 0 Å². The van der Waals surface area contributed by atoms with E-state index in [0.717, 1.165) is 17.0 Å². The van der Waals surface area contributed by atoms with Gasteiger partial charge in [0.25, 0.3) is 0 Å². The number of hydrogen-bond acceptors (Lipinski definition) is 2. The molecule has 0 aliphatic heterocycles. The number of fused-ring (bicyclic) bond motifs is 1. The van der Waals surface area contributed by atoms with Crippen LogP contribution in [-0.4, -0.2) is 16.7 Å². The van der Waals surface area contributed by atoms with Gasteiger partial charge in [0.05, 0.1) is 12.5 Å². The topological polar surface area (TPSA) is 57.8 Å². The van der Waals surface area contributed by atoms with Gasteiger partial charge in [0, 0.05) is 35.3 Å². The number of rotatable bonds is 6. The standard InChI is InChI=1S/C22H18F3N3O/c23-22(24,25)21(16-7-2-1-3-8-16)27-20(29)12-11-17-15-28(14-6-13-26)19-10-5-4-9-18(17)19/h1-5,7-12,15,21H,6,14H2,(H,27,29)/b12-11+. The van der Waals surface area contributed by atoms with Crippen LogP contribution in [0.2, 0.25) is 0 Å². The van der Waals surface area contributed by atoms with Crippen molar-refractivity contribution < 1.29 is 18.0 Å². The van der Waals surface area contributed by atoms with Crippen molar-refractivity contribution in [2.45, 2.75) is 25.2 Å². The van der Waals surface area contributed by atoms with Crippen molar-refractivity contribution in [3.8, 4) is 6.07 Å². The summed E-state index contributed by atoms with van der Waals surface area (Å²) in [5, 5.41) is 11.7. The molecule has 3 rings (SSSR count). The van der Waals surface area contributed by atoms with Gasteiger partial charge < -0.3 is 9.88 Å². The summed E-state index contributed by atoms with van der Waals surface area (Å²) < 4.78 is 42.1. The Morgan fingerprint density at radius 1 is 1.14 bits per heavy atom. The summed E-state index contributed by atoms with van der Waals surface area (Å²) in [6.45, 7) is 0.487. The van der Waals surface area contributed by atoms with Crippen molar-refractivity contribution in [2.75, 3.05) is 0 Å². The van der Waals surface area contributed by atoms with Crippen molar-refractivity contribution in [3.05, 3.63) is 78.0 Å². The summed E-state index contributed by atoms with van der Waals surface area (Å²) in [5.74, 6) is -0.843. The summed E-state index contributed by atoms with van der Waals surface area (Å²) in [6, 6.07) is 14.7. The van der Waals surface area contributed by atoms with E-state index in [1.807, 2.05) is 34.1 Å². The molecule has 0 fully saturated rings. The maximum Gasteiger partial charge on any atom is 0.412 e. The van der Waals surface area contributed by atoms with E-state index in [9.17, 15) is 18.0 Å². The first kappa shape index (κ1) is 20.2. The van der Waals surface area contributed by atoms with Crippen LogP contribution in [0.1, 0.15) is 23.6 Å². The van der Waals surface area contributed by atoms with Gasteiger partial charge in [0.1, 0.15) is 0 Å². The van der Waals surface area contributed by atoms with E-state index < -0.39 is 18.1 Å². The number of nitrogens with zero attached hydrogens (tertiary/aromatic N) is 2. The Labute approximate surface area is 165 Å². The molecule has 3 aromatic rings. The van der Waals surface area contributed by atoms with E-state index in [-0.39, 0.29) is 5.56 Å². The van der Waals surface area contributed by atoms with Gasteiger partial charge in [0.15, 0.2) is 6.04 Å². The molecule has 1 atom stereocenters. The van der Waals surface area contributed by atoms with E-state index in [1.165, 1.54) is 30.3 Å². The van der Waals surface area contributed by atoms with Crippen LogP contribution < -0.4 is 5.32 Å². The van der Waals surface area contributed by atoms with Crippen molar-refractivity contribution >= 4 is 22.9 Å². The number of aryl methyl sites for hydroxylation is 1. The summed E-state index contributed by atoms with van der Waals surface area (Å²) in [4.78, 5) is 12.2. The number of benzene rings is 2. The van der Waals surface area contributed by atoms with E-state index in [1.54, 1.807) is 12.3 Å². The second-order valence-corrected chi connectivity index (χ2v) is 6.43. The van der Waals surface area contributed by atoms with Crippen LogP contribution in [0.25, 0.3) is 17.0 Å². The Morgan fingerprint density at radius 3 is 2.52 bits per heavy atom. The Hall–Kier alpha value is -3.53. The third-order valence-corrected chi connectivity index (χ3v) is 4.45. The van der Waals surface area contributed by atoms with Crippen LogP contribution in [0.15, 0.2) is 66.9 Å². The Balaban J connectivity index is 1.82. The number of para-hydroxylation sites is 1. The molecule has 0 radical (unpaired) electrons. The fourth-order valence-corrected chi connectivity index (χ4v) is 3.12. The van der Waals surface area contributed by atoms with Gasteiger partial charge in [-0.1, -0.05) is 48.5 Å². The lowest BCUT2D eigenvalue weighted by Gasteiger charge is -2.21. The largest absolute Gasteiger partial charge is 0.412 e. The number of halogens is 3. The highest BCUT2D eigenvalue weighted by molar-refractivity contribution is 5.96. The molecule has 4 nitrogen and oxygen atoms in total. The quantitative estimate of drug-likeness (QED) is 0.596. The van der Waals surface area contributed by atoms with Gasteiger partial charge in [-0.2, -0.15) is 18.4 Å². The van der Waals surface area contributed by atoms with Crippen LogP contribution in [0, 0.1) is 11.3 Å². The third kappa shape index (κ3) is 4.85. The molecular formula is C22H18F3N3O. The van der Waals surface area contributed by atoms with Gasteiger partial charge in [0.2, 0.25) is 5.91 Å². The fourth-order valence-electron chi connectivity index (χ4n) is 3.12. The normalized spacial score (nSPS) is 12.8. The highest BCUT2D eigenvalue weighted by Gasteiger charge is 2.41. The molecule has 1 amide bonds. The minimum Gasteiger partial charge on any atom is -0.346 e. The summed E-state index contributed by atoms with van der Waals surface area (Å²) in [5.41, 5.74) is 1.55. The average Bonchev–Trinajstić information content (AvgIpc) is 3.06. The van der Waals surface area contributed by atoms with Gasteiger partial charge in [-0.3, -0.25) is 4.79 Å². The lowest BCUT2D eigenvalue weighted by molar-refractivity contribution is -0.162. The first-order valence-electron chi connectivity index (χ1n) is 8.95. The molecule has 0 spiro atoms. The molecule has 0 saturated heterocycles. The number of hydrogen-bond donors (Lipinski definition) is 1. The number of alkyl halides is 3. The zero-order valence-corrected chi connectivity index (χ0v) is 15.4. The molecule has 0 aliphatic rings. The molecule has 2 aromatic carbocycles. The molecule has 0 bridgehead atoms. The number of nitriles is 1. The van der Waals surface area contributed by atoms with E-state index in [0.29, 0.717) is 18.5 Å². The van der Waals surface area contributed by atoms with Gasteiger partial charge in [-0.15, -0.1) is 0 Å². The van der Waals surface area contributed by atoms with Crippen molar-refractivity contribution in [1.82, 2.24) is 9.88 Å². The lowest BCUT2D eigenvalue weighted by atomic mass is 10.1.